The Bertz CT molecular complexity index is 838. The Kier molecular flexibility index (Phi) is 5.35. The first-order valence-corrected chi connectivity index (χ1v) is 8.64. The van der Waals surface area contributed by atoms with E-state index in [9.17, 15) is 0 Å². The van der Waals surface area contributed by atoms with Crippen molar-refractivity contribution >= 4 is 28.7 Å². The molecule has 0 amide bonds. The molecule has 0 aliphatic rings. The van der Waals surface area contributed by atoms with Crippen LogP contribution < -0.4 is 10.6 Å². The van der Waals surface area contributed by atoms with Crippen molar-refractivity contribution in [3.05, 3.63) is 59.9 Å². The standard InChI is InChI=1S/C18H20N6S/c1-3-13-7-5-8-14(4-2)17(13)21-18(25)20-15-9-6-10-16(11-15)24-12-19-22-23-24/h5-12H,3-4H2,1-2H3,(H2,20,21,25). The van der Waals surface area contributed by atoms with Crippen LogP contribution in [0.4, 0.5) is 11.4 Å². The number of hydrogen-bond donors (Lipinski definition) is 2. The highest BCUT2D eigenvalue weighted by atomic mass is 32.1. The SMILES string of the molecule is CCc1cccc(CC)c1NC(=S)Nc1cccc(-n2cnnn2)c1. The highest BCUT2D eigenvalue weighted by Crippen LogP contribution is 2.23. The van der Waals surface area contributed by atoms with E-state index in [4.69, 9.17) is 12.2 Å². The molecule has 0 bridgehead atoms. The molecule has 0 radical (unpaired) electrons. The van der Waals surface area contributed by atoms with Gasteiger partial charge in [0.1, 0.15) is 6.33 Å². The van der Waals surface area contributed by atoms with Crippen molar-refractivity contribution in [1.82, 2.24) is 20.2 Å². The Labute approximate surface area is 152 Å². The molecule has 2 N–H and O–H groups in total. The predicted octanol–water partition coefficient (Wildman–Crippen LogP) is 3.60. The molecule has 3 aromatic rings. The molecule has 6 nitrogen and oxygen atoms in total. The number of anilines is 2. The molecule has 3 rings (SSSR count). The van der Waals surface area contributed by atoms with E-state index in [1.165, 1.54) is 11.1 Å². The smallest absolute Gasteiger partial charge is 0.175 e. The van der Waals surface area contributed by atoms with Crippen LogP contribution in [-0.2, 0) is 12.8 Å². The summed E-state index contributed by atoms with van der Waals surface area (Å²) in [5, 5.41) is 18.4. The third kappa shape index (κ3) is 4.00. The number of tetrazole rings is 1. The third-order valence-corrected chi connectivity index (χ3v) is 4.16. The molecule has 0 atom stereocenters. The van der Waals surface area contributed by atoms with Gasteiger partial charge in [0, 0.05) is 11.4 Å². The van der Waals surface area contributed by atoms with Gasteiger partial charge in [0.15, 0.2) is 5.11 Å². The average molecular weight is 352 g/mol. The molecule has 0 unspecified atom stereocenters. The van der Waals surface area contributed by atoms with Crippen LogP contribution in [0.3, 0.4) is 0 Å². The zero-order chi connectivity index (χ0) is 17.6. The minimum Gasteiger partial charge on any atom is -0.332 e. The van der Waals surface area contributed by atoms with Crippen molar-refractivity contribution in [3.8, 4) is 5.69 Å². The van der Waals surface area contributed by atoms with Crippen LogP contribution in [0.25, 0.3) is 5.69 Å². The fourth-order valence-electron chi connectivity index (χ4n) is 2.68. The fourth-order valence-corrected chi connectivity index (χ4v) is 2.90. The van der Waals surface area contributed by atoms with Gasteiger partial charge in [-0.2, -0.15) is 0 Å². The quantitative estimate of drug-likeness (QED) is 0.684. The topological polar surface area (TPSA) is 67.7 Å². The number of nitrogens with zero attached hydrogens (tertiary/aromatic N) is 4. The van der Waals surface area contributed by atoms with Crippen LogP contribution in [0, 0.1) is 0 Å². The highest BCUT2D eigenvalue weighted by molar-refractivity contribution is 7.80. The lowest BCUT2D eigenvalue weighted by Gasteiger charge is -2.17. The normalized spacial score (nSPS) is 10.5. The zero-order valence-electron chi connectivity index (χ0n) is 14.2. The first-order chi connectivity index (χ1) is 12.2. The summed E-state index contributed by atoms with van der Waals surface area (Å²) in [6.45, 7) is 4.29. The fraction of sp³-hybridized carbons (Fsp3) is 0.222. The number of hydrogen-bond acceptors (Lipinski definition) is 4. The molecule has 25 heavy (non-hydrogen) atoms. The minimum atomic E-state index is 0.560. The van der Waals surface area contributed by atoms with Gasteiger partial charge in [-0.05, 0) is 64.8 Å². The molecule has 128 valence electrons. The Morgan fingerprint density at radius 1 is 1.04 bits per heavy atom. The van der Waals surface area contributed by atoms with Gasteiger partial charge in [-0.25, -0.2) is 4.68 Å². The molecule has 1 heterocycles. The van der Waals surface area contributed by atoms with Crippen LogP contribution in [0.1, 0.15) is 25.0 Å². The monoisotopic (exact) mass is 352 g/mol. The number of rotatable bonds is 5. The van der Waals surface area contributed by atoms with E-state index in [1.54, 1.807) is 11.0 Å². The summed E-state index contributed by atoms with van der Waals surface area (Å²) in [5.74, 6) is 0. The molecule has 7 heteroatoms. The van der Waals surface area contributed by atoms with Crippen molar-refractivity contribution in [1.29, 1.82) is 0 Å². The van der Waals surface area contributed by atoms with Gasteiger partial charge in [-0.15, -0.1) is 5.10 Å². The Hall–Kier alpha value is -2.80. The summed E-state index contributed by atoms with van der Waals surface area (Å²) in [7, 11) is 0. The molecule has 0 spiro atoms. The van der Waals surface area contributed by atoms with Gasteiger partial charge in [0.05, 0.1) is 5.69 Å². The molecule has 0 aliphatic carbocycles. The number of para-hydroxylation sites is 1. The molecule has 0 saturated carbocycles. The van der Waals surface area contributed by atoms with E-state index in [1.807, 2.05) is 24.3 Å². The first-order valence-electron chi connectivity index (χ1n) is 8.23. The van der Waals surface area contributed by atoms with Gasteiger partial charge in [-0.3, -0.25) is 0 Å². The van der Waals surface area contributed by atoms with Gasteiger partial charge in [0.25, 0.3) is 0 Å². The van der Waals surface area contributed by atoms with Gasteiger partial charge in [-0.1, -0.05) is 38.1 Å². The third-order valence-electron chi connectivity index (χ3n) is 3.95. The summed E-state index contributed by atoms with van der Waals surface area (Å²) in [6, 6.07) is 14.1. The van der Waals surface area contributed by atoms with Crippen LogP contribution >= 0.6 is 12.2 Å². The van der Waals surface area contributed by atoms with Crippen LogP contribution in [-0.4, -0.2) is 25.3 Å². The number of thiocarbonyl (C=S) groups is 1. The van der Waals surface area contributed by atoms with Gasteiger partial charge < -0.3 is 10.6 Å². The van der Waals surface area contributed by atoms with Gasteiger partial charge in [0.2, 0.25) is 0 Å². The van der Waals surface area contributed by atoms with Gasteiger partial charge >= 0.3 is 0 Å². The van der Waals surface area contributed by atoms with Crippen molar-refractivity contribution in [2.75, 3.05) is 10.6 Å². The second-order valence-corrected chi connectivity index (χ2v) is 5.95. The number of aryl methyl sites for hydroxylation is 2. The molecule has 0 fully saturated rings. The van der Waals surface area contributed by atoms with Crippen LogP contribution in [0.15, 0.2) is 48.8 Å². The van der Waals surface area contributed by atoms with E-state index in [-0.39, 0.29) is 0 Å². The zero-order valence-corrected chi connectivity index (χ0v) is 15.0. The molecule has 1 aromatic heterocycles. The van der Waals surface area contributed by atoms with E-state index >= 15 is 0 Å². The summed E-state index contributed by atoms with van der Waals surface area (Å²) < 4.78 is 1.60. The highest BCUT2D eigenvalue weighted by Gasteiger charge is 2.08. The maximum Gasteiger partial charge on any atom is 0.175 e. The summed E-state index contributed by atoms with van der Waals surface area (Å²) in [5.41, 5.74) is 5.34. The first kappa shape index (κ1) is 17.0. The Morgan fingerprint density at radius 2 is 1.76 bits per heavy atom. The van der Waals surface area contributed by atoms with Crippen LogP contribution in [0.5, 0.6) is 0 Å². The molecule has 0 saturated heterocycles. The lowest BCUT2D eigenvalue weighted by Crippen LogP contribution is -2.21. The Morgan fingerprint density at radius 3 is 2.40 bits per heavy atom. The minimum absolute atomic E-state index is 0.560. The van der Waals surface area contributed by atoms with Crippen molar-refractivity contribution < 1.29 is 0 Å². The maximum absolute atomic E-state index is 5.51. The van der Waals surface area contributed by atoms with E-state index in [2.05, 4.69) is 58.2 Å². The van der Waals surface area contributed by atoms with E-state index in [0.717, 1.165) is 29.9 Å². The second-order valence-electron chi connectivity index (χ2n) is 5.54. The number of aromatic nitrogens is 4. The maximum atomic E-state index is 5.51. The van der Waals surface area contributed by atoms with E-state index < -0.39 is 0 Å². The lowest BCUT2D eigenvalue weighted by atomic mass is 10.0. The second kappa shape index (κ2) is 7.85. The van der Waals surface area contributed by atoms with Crippen molar-refractivity contribution in [2.24, 2.45) is 0 Å². The molecule has 0 aliphatic heterocycles. The molecule has 2 aromatic carbocycles. The van der Waals surface area contributed by atoms with Crippen LogP contribution in [0.2, 0.25) is 0 Å². The van der Waals surface area contributed by atoms with E-state index in [0.29, 0.717) is 5.11 Å². The predicted molar refractivity (Wildman–Crippen MR) is 104 cm³/mol. The largest absolute Gasteiger partial charge is 0.332 e. The Balaban J connectivity index is 1.77. The summed E-state index contributed by atoms with van der Waals surface area (Å²) in [6.07, 6.45) is 3.46. The number of nitrogens with one attached hydrogen (secondary N) is 2. The summed E-state index contributed by atoms with van der Waals surface area (Å²) in [4.78, 5) is 0. The van der Waals surface area contributed by atoms with Crippen molar-refractivity contribution in [2.45, 2.75) is 26.7 Å². The average Bonchev–Trinajstić information content (AvgIpc) is 3.16. The molecular formula is C18H20N6S. The summed E-state index contributed by atoms with van der Waals surface area (Å²) >= 11 is 5.51. The lowest BCUT2D eigenvalue weighted by molar-refractivity contribution is 0.789. The molecular weight excluding hydrogens is 332 g/mol. The van der Waals surface area contributed by atoms with Crippen molar-refractivity contribution in [3.63, 3.8) is 0 Å². The number of benzene rings is 2.